The maximum Gasteiger partial charge on any atom is 0.354 e. The summed E-state index contributed by atoms with van der Waals surface area (Å²) in [6.45, 7) is 7.93. The van der Waals surface area contributed by atoms with Crippen molar-refractivity contribution in [3.05, 3.63) is 62.7 Å². The lowest BCUT2D eigenvalue weighted by atomic mass is 10.1. The predicted molar refractivity (Wildman–Crippen MR) is 149 cm³/mol. The number of dihydropyridines is 1. The molecule has 0 amide bonds. The Morgan fingerprint density at radius 2 is 1.48 bits per heavy atom. The zero-order valence-electron chi connectivity index (χ0n) is 23.7. The average molecular weight is 594 g/mol. The molecule has 1 atom stereocenters. The molecule has 0 aliphatic carbocycles. The van der Waals surface area contributed by atoms with Gasteiger partial charge in [-0.2, -0.15) is 0 Å². The van der Waals surface area contributed by atoms with E-state index in [0.29, 0.717) is 97.8 Å². The first-order chi connectivity index (χ1) is 20.2. The fraction of sp³-hybridized carbons (Fsp3) is 0.593. The molecule has 3 rings (SSSR count). The predicted octanol–water partition coefficient (Wildman–Crippen LogP) is 0.373. The molecule has 232 valence electrons. The molecule has 0 saturated carbocycles. The van der Waals surface area contributed by atoms with Crippen molar-refractivity contribution >= 4 is 11.9 Å². The first kappa shape index (κ1) is 33.0. The monoisotopic (exact) mass is 593 g/mol. The van der Waals surface area contributed by atoms with Crippen molar-refractivity contribution in [1.29, 1.82) is 0 Å². The van der Waals surface area contributed by atoms with Gasteiger partial charge in [0.2, 0.25) is 0 Å². The highest BCUT2D eigenvalue weighted by atomic mass is 16.6. The van der Waals surface area contributed by atoms with Crippen LogP contribution in [0.1, 0.15) is 21.7 Å². The minimum absolute atomic E-state index is 0.0152. The number of carboxylic acids is 2. The molecule has 3 N–H and O–H groups in total. The van der Waals surface area contributed by atoms with Crippen molar-refractivity contribution in [3.8, 4) is 0 Å². The molecule has 1 aromatic rings. The highest BCUT2D eigenvalue weighted by Crippen LogP contribution is 2.13. The van der Waals surface area contributed by atoms with E-state index < -0.39 is 22.9 Å². The Bertz CT molecular complexity index is 1110. The highest BCUT2D eigenvalue weighted by Gasteiger charge is 2.25. The van der Waals surface area contributed by atoms with Crippen LogP contribution >= 0.6 is 0 Å². The summed E-state index contributed by atoms with van der Waals surface area (Å²) in [5.41, 5.74) is 1.01. The van der Waals surface area contributed by atoms with Gasteiger partial charge < -0.3 is 34.5 Å². The van der Waals surface area contributed by atoms with Gasteiger partial charge in [0.1, 0.15) is 11.4 Å². The number of aromatic nitrogens is 1. The van der Waals surface area contributed by atoms with Gasteiger partial charge in [0.05, 0.1) is 69.5 Å². The van der Waals surface area contributed by atoms with Crippen LogP contribution in [0.15, 0.2) is 35.7 Å². The summed E-state index contributed by atoms with van der Waals surface area (Å²) in [6.07, 6.45) is 2.42. The Morgan fingerprint density at radius 3 is 1.98 bits per heavy atom. The topological polar surface area (TPSA) is 186 Å². The molecular formula is C27H39N5O10. The summed E-state index contributed by atoms with van der Waals surface area (Å²) in [6, 6.07) is 2.84. The number of allylic oxidation sites excluding steroid dienone is 1. The van der Waals surface area contributed by atoms with Crippen molar-refractivity contribution in [3.63, 3.8) is 0 Å². The second-order valence-corrected chi connectivity index (χ2v) is 9.82. The molecule has 0 aromatic carbocycles. The van der Waals surface area contributed by atoms with Crippen LogP contribution < -0.4 is 5.32 Å². The van der Waals surface area contributed by atoms with Crippen molar-refractivity contribution in [1.82, 2.24) is 20.1 Å². The Labute approximate surface area is 243 Å². The highest BCUT2D eigenvalue weighted by molar-refractivity contribution is 5.87. The molecular weight excluding hydrogens is 554 g/mol. The summed E-state index contributed by atoms with van der Waals surface area (Å²) < 4.78 is 23.0. The lowest BCUT2D eigenvalue weighted by Crippen LogP contribution is -2.45. The molecule has 0 spiro atoms. The van der Waals surface area contributed by atoms with Gasteiger partial charge in [-0.1, -0.05) is 0 Å². The molecule has 0 radical (unpaired) electrons. The molecule has 3 heterocycles. The van der Waals surface area contributed by atoms with E-state index in [1.165, 1.54) is 6.08 Å². The van der Waals surface area contributed by atoms with E-state index in [1.54, 1.807) is 6.07 Å². The van der Waals surface area contributed by atoms with Gasteiger partial charge in [-0.15, -0.1) is 0 Å². The SMILES string of the molecule is Cc1cc(CN2CCOCCOCCN(CC3C=C([N+](=O)[O-])C=C(C(=O)O)N3)CCOCCOCC2)nc(C(=O)O)c1. The fourth-order valence-corrected chi connectivity index (χ4v) is 4.44. The van der Waals surface area contributed by atoms with E-state index in [1.807, 2.05) is 17.9 Å². The Morgan fingerprint density at radius 1 is 0.929 bits per heavy atom. The molecule has 1 aromatic heterocycles. The molecule has 0 bridgehead atoms. The van der Waals surface area contributed by atoms with Gasteiger partial charge in [-0.05, 0) is 24.6 Å². The van der Waals surface area contributed by atoms with Crippen LogP contribution in [0.5, 0.6) is 0 Å². The number of aryl methyl sites for hydroxylation is 1. The van der Waals surface area contributed by atoms with Crippen molar-refractivity contribution < 1.29 is 43.7 Å². The molecule has 1 fully saturated rings. The number of nitrogens with zero attached hydrogens (tertiary/aromatic N) is 4. The second-order valence-electron chi connectivity index (χ2n) is 9.82. The van der Waals surface area contributed by atoms with Gasteiger partial charge in [0.15, 0.2) is 0 Å². The minimum Gasteiger partial charge on any atom is -0.477 e. The van der Waals surface area contributed by atoms with Crippen LogP contribution in [-0.4, -0.2) is 133 Å². The summed E-state index contributed by atoms with van der Waals surface area (Å²) in [4.78, 5) is 41.9. The molecule has 15 nitrogen and oxygen atoms in total. The lowest BCUT2D eigenvalue weighted by Gasteiger charge is -2.28. The van der Waals surface area contributed by atoms with Crippen LogP contribution in [0.3, 0.4) is 0 Å². The number of hydrogen-bond acceptors (Lipinski definition) is 12. The number of nitrogens with one attached hydrogen (secondary N) is 1. The Hall–Kier alpha value is -3.47. The molecule has 42 heavy (non-hydrogen) atoms. The summed E-state index contributed by atoms with van der Waals surface area (Å²) in [5, 5.41) is 32.8. The molecule has 1 unspecified atom stereocenters. The number of carbonyl (C=O) groups is 2. The van der Waals surface area contributed by atoms with E-state index in [0.717, 1.165) is 11.6 Å². The van der Waals surface area contributed by atoms with Gasteiger partial charge in [0.25, 0.3) is 5.70 Å². The van der Waals surface area contributed by atoms with Crippen molar-refractivity contribution in [2.75, 3.05) is 85.6 Å². The Balaban J connectivity index is 1.51. The average Bonchev–Trinajstić information content (AvgIpc) is 2.94. The fourth-order valence-electron chi connectivity index (χ4n) is 4.44. The molecule has 2 aliphatic rings. The third-order valence-corrected chi connectivity index (χ3v) is 6.48. The summed E-state index contributed by atoms with van der Waals surface area (Å²) in [7, 11) is 0. The number of aromatic carboxylic acids is 1. The lowest BCUT2D eigenvalue weighted by molar-refractivity contribution is -0.419. The summed E-state index contributed by atoms with van der Waals surface area (Å²) >= 11 is 0. The van der Waals surface area contributed by atoms with E-state index in [2.05, 4.69) is 15.2 Å². The Kier molecular flexibility index (Phi) is 13.7. The normalized spacial score (nSPS) is 21.2. The van der Waals surface area contributed by atoms with Gasteiger partial charge in [0, 0.05) is 51.4 Å². The van der Waals surface area contributed by atoms with E-state index in [-0.39, 0.29) is 17.1 Å². The van der Waals surface area contributed by atoms with Crippen LogP contribution in [0, 0.1) is 17.0 Å². The quantitative estimate of drug-likeness (QED) is 0.291. The van der Waals surface area contributed by atoms with Gasteiger partial charge >= 0.3 is 11.9 Å². The van der Waals surface area contributed by atoms with Crippen LogP contribution in [-0.2, 0) is 30.3 Å². The van der Waals surface area contributed by atoms with Crippen molar-refractivity contribution in [2.24, 2.45) is 0 Å². The van der Waals surface area contributed by atoms with Gasteiger partial charge in [-0.25, -0.2) is 14.6 Å². The van der Waals surface area contributed by atoms with E-state index in [4.69, 9.17) is 18.9 Å². The number of rotatable bonds is 7. The van der Waals surface area contributed by atoms with Crippen molar-refractivity contribution in [2.45, 2.75) is 19.5 Å². The van der Waals surface area contributed by atoms with Gasteiger partial charge in [-0.3, -0.25) is 19.9 Å². The zero-order valence-corrected chi connectivity index (χ0v) is 23.7. The smallest absolute Gasteiger partial charge is 0.354 e. The second kappa shape index (κ2) is 17.5. The van der Waals surface area contributed by atoms with Crippen LogP contribution in [0.25, 0.3) is 0 Å². The number of ether oxygens (including phenoxy) is 4. The van der Waals surface area contributed by atoms with E-state index in [9.17, 15) is 29.9 Å². The largest absolute Gasteiger partial charge is 0.477 e. The molecule has 2 aliphatic heterocycles. The van der Waals surface area contributed by atoms with E-state index >= 15 is 0 Å². The number of pyridine rings is 1. The van der Waals surface area contributed by atoms with Crippen LogP contribution in [0.4, 0.5) is 0 Å². The first-order valence-electron chi connectivity index (χ1n) is 13.8. The zero-order chi connectivity index (χ0) is 30.3. The number of carboxylic acid groups (broad SMARTS) is 2. The molecule has 1 saturated heterocycles. The number of hydrogen-bond donors (Lipinski definition) is 3. The third kappa shape index (κ3) is 11.8. The number of nitro groups is 1. The maximum absolute atomic E-state index is 11.4. The summed E-state index contributed by atoms with van der Waals surface area (Å²) in [5.74, 6) is -2.33. The first-order valence-corrected chi connectivity index (χ1v) is 13.8. The van der Waals surface area contributed by atoms with Crippen LogP contribution in [0.2, 0.25) is 0 Å². The standard InChI is InChI=1S/C27H39N5O10/c1-20-14-21(28-24(15-20)26(33)34)18-30-2-6-39-10-12-41-8-4-31(5-9-42-13-11-40-7-3-30)19-22-16-23(32(37)38)17-25(29-22)27(35)36/h14-17,22,29H,2-13,18-19H2,1H3,(H,33,34)(H,35,36). The number of aliphatic carboxylic acids is 1. The minimum atomic E-state index is -1.26. The molecule has 15 heteroatoms. The maximum atomic E-state index is 11.4. The third-order valence-electron chi connectivity index (χ3n) is 6.48.